The molecule has 2 nitrogen and oxygen atoms in total. The van der Waals surface area contributed by atoms with E-state index in [1.807, 2.05) is 17.5 Å². The van der Waals surface area contributed by atoms with Crippen LogP contribution in [0.3, 0.4) is 0 Å². The van der Waals surface area contributed by atoms with E-state index < -0.39 is 0 Å². The van der Waals surface area contributed by atoms with Gasteiger partial charge in [-0.3, -0.25) is 5.84 Å². The second kappa shape index (κ2) is 5.38. The molecule has 5 heteroatoms. The number of benzene rings is 1. The van der Waals surface area contributed by atoms with Crippen LogP contribution in [0.25, 0.3) is 0 Å². The summed E-state index contributed by atoms with van der Waals surface area (Å²) in [6.45, 7) is 2.06. The Kier molecular flexibility index (Phi) is 4.07. The molecule has 90 valence electrons. The molecule has 0 saturated carbocycles. The van der Waals surface area contributed by atoms with E-state index in [4.69, 9.17) is 29.0 Å². The van der Waals surface area contributed by atoms with Crippen LogP contribution < -0.4 is 11.3 Å². The zero-order valence-corrected chi connectivity index (χ0v) is 11.5. The summed E-state index contributed by atoms with van der Waals surface area (Å²) in [6.07, 6.45) is 0. The molecule has 3 N–H and O–H groups in total. The predicted octanol–water partition coefficient (Wildman–Crippen LogP) is 3.92. The lowest BCUT2D eigenvalue weighted by Crippen LogP contribution is -2.28. The zero-order valence-electron chi connectivity index (χ0n) is 9.21. The minimum Gasteiger partial charge on any atom is -0.271 e. The van der Waals surface area contributed by atoms with Gasteiger partial charge in [0, 0.05) is 14.9 Å². The number of hydrazine groups is 1. The maximum absolute atomic E-state index is 6.00. The number of nitrogens with two attached hydrogens (primary N) is 1. The summed E-state index contributed by atoms with van der Waals surface area (Å²) in [7, 11) is 0. The van der Waals surface area contributed by atoms with Crippen molar-refractivity contribution in [2.75, 3.05) is 0 Å². The third kappa shape index (κ3) is 2.81. The lowest BCUT2D eigenvalue weighted by atomic mass is 10.0. The number of aryl methyl sites for hydroxylation is 1. The Hall–Kier alpha value is -0.580. The van der Waals surface area contributed by atoms with Gasteiger partial charge in [-0.25, -0.2) is 5.43 Å². The molecular weight excluding hydrogens is 275 g/mol. The Morgan fingerprint density at radius 1 is 1.24 bits per heavy atom. The Balaban J connectivity index is 2.45. The van der Waals surface area contributed by atoms with Crippen LogP contribution in [0.1, 0.15) is 22.0 Å². The van der Waals surface area contributed by atoms with Crippen LogP contribution >= 0.6 is 34.5 Å². The molecule has 17 heavy (non-hydrogen) atoms. The standard InChI is InChI=1S/C12H12Cl2N2S/c1-7-2-3-17-12(7)11(16-15)8-4-9(13)6-10(14)5-8/h2-6,11,16H,15H2,1H3. The summed E-state index contributed by atoms with van der Waals surface area (Å²) in [5.41, 5.74) is 4.98. The minimum absolute atomic E-state index is 0.0776. The van der Waals surface area contributed by atoms with E-state index in [0.29, 0.717) is 10.0 Å². The number of hydrogen-bond donors (Lipinski definition) is 2. The molecular formula is C12H12Cl2N2S. The summed E-state index contributed by atoms with van der Waals surface area (Å²) in [5, 5.41) is 3.27. The molecule has 0 aliphatic rings. The van der Waals surface area contributed by atoms with E-state index in [-0.39, 0.29) is 6.04 Å². The van der Waals surface area contributed by atoms with Gasteiger partial charge in [0.1, 0.15) is 0 Å². The average Bonchev–Trinajstić information content (AvgIpc) is 2.65. The van der Waals surface area contributed by atoms with Crippen molar-refractivity contribution in [1.29, 1.82) is 0 Å². The van der Waals surface area contributed by atoms with Gasteiger partial charge in [0.15, 0.2) is 0 Å². The van der Waals surface area contributed by atoms with Gasteiger partial charge in [-0.05, 0) is 47.7 Å². The maximum atomic E-state index is 6.00. The lowest BCUT2D eigenvalue weighted by Gasteiger charge is -2.16. The first kappa shape index (κ1) is 12.9. The van der Waals surface area contributed by atoms with Crippen LogP contribution in [0.4, 0.5) is 0 Å². The Morgan fingerprint density at radius 2 is 1.88 bits per heavy atom. The maximum Gasteiger partial charge on any atom is 0.0806 e. The summed E-state index contributed by atoms with van der Waals surface area (Å²) in [4.78, 5) is 1.17. The first-order chi connectivity index (χ1) is 8.11. The fourth-order valence-electron chi connectivity index (χ4n) is 1.75. The van der Waals surface area contributed by atoms with E-state index in [0.717, 1.165) is 5.56 Å². The topological polar surface area (TPSA) is 38.0 Å². The van der Waals surface area contributed by atoms with Gasteiger partial charge in [0.05, 0.1) is 6.04 Å². The number of thiophene rings is 1. The van der Waals surface area contributed by atoms with Crippen molar-refractivity contribution < 1.29 is 0 Å². The van der Waals surface area contributed by atoms with Crippen molar-refractivity contribution in [3.63, 3.8) is 0 Å². The molecule has 1 aromatic carbocycles. The van der Waals surface area contributed by atoms with Gasteiger partial charge in [-0.1, -0.05) is 23.2 Å². The van der Waals surface area contributed by atoms with Gasteiger partial charge in [0.25, 0.3) is 0 Å². The van der Waals surface area contributed by atoms with Gasteiger partial charge < -0.3 is 0 Å². The first-order valence-electron chi connectivity index (χ1n) is 5.08. The molecule has 0 spiro atoms. The molecule has 0 amide bonds. The fraction of sp³-hybridized carbons (Fsp3) is 0.167. The Bertz CT molecular complexity index is 505. The summed E-state index contributed by atoms with van der Waals surface area (Å²) in [5.74, 6) is 5.64. The first-order valence-corrected chi connectivity index (χ1v) is 6.71. The van der Waals surface area contributed by atoms with E-state index in [9.17, 15) is 0 Å². The van der Waals surface area contributed by atoms with Crippen molar-refractivity contribution in [1.82, 2.24) is 5.43 Å². The molecule has 0 radical (unpaired) electrons. The molecule has 1 unspecified atom stereocenters. The third-order valence-electron chi connectivity index (χ3n) is 2.55. The zero-order chi connectivity index (χ0) is 12.4. The summed E-state index contributed by atoms with van der Waals surface area (Å²) < 4.78 is 0. The quantitative estimate of drug-likeness (QED) is 0.663. The molecule has 0 aliphatic heterocycles. The monoisotopic (exact) mass is 286 g/mol. The van der Waals surface area contributed by atoms with Gasteiger partial charge >= 0.3 is 0 Å². The Morgan fingerprint density at radius 3 is 2.35 bits per heavy atom. The number of nitrogens with one attached hydrogen (secondary N) is 1. The number of hydrogen-bond acceptors (Lipinski definition) is 3. The molecule has 0 bridgehead atoms. The molecule has 2 rings (SSSR count). The average molecular weight is 287 g/mol. The van der Waals surface area contributed by atoms with E-state index in [2.05, 4.69) is 18.4 Å². The predicted molar refractivity (Wildman–Crippen MR) is 74.7 cm³/mol. The number of rotatable bonds is 3. The van der Waals surface area contributed by atoms with Crippen molar-refractivity contribution >= 4 is 34.5 Å². The highest BCUT2D eigenvalue weighted by atomic mass is 35.5. The minimum atomic E-state index is -0.0776. The lowest BCUT2D eigenvalue weighted by molar-refractivity contribution is 0.644. The molecule has 2 aromatic rings. The normalized spacial score (nSPS) is 12.7. The van der Waals surface area contributed by atoms with Crippen LogP contribution in [0, 0.1) is 6.92 Å². The van der Waals surface area contributed by atoms with E-state index in [1.165, 1.54) is 10.4 Å². The van der Waals surface area contributed by atoms with Crippen molar-refractivity contribution in [2.24, 2.45) is 5.84 Å². The SMILES string of the molecule is Cc1ccsc1C(NN)c1cc(Cl)cc(Cl)c1. The smallest absolute Gasteiger partial charge is 0.0806 e. The van der Waals surface area contributed by atoms with Crippen LogP contribution in [0.5, 0.6) is 0 Å². The van der Waals surface area contributed by atoms with Gasteiger partial charge in [0.2, 0.25) is 0 Å². The van der Waals surface area contributed by atoms with Crippen LogP contribution in [0.15, 0.2) is 29.6 Å². The highest BCUT2D eigenvalue weighted by molar-refractivity contribution is 7.10. The van der Waals surface area contributed by atoms with Crippen LogP contribution in [-0.4, -0.2) is 0 Å². The second-order valence-corrected chi connectivity index (χ2v) is 5.59. The second-order valence-electron chi connectivity index (χ2n) is 3.77. The highest BCUT2D eigenvalue weighted by Gasteiger charge is 2.16. The van der Waals surface area contributed by atoms with Gasteiger partial charge in [-0.15, -0.1) is 11.3 Å². The molecule has 0 aliphatic carbocycles. The Labute approximate surface area is 114 Å². The van der Waals surface area contributed by atoms with Crippen LogP contribution in [-0.2, 0) is 0 Å². The summed E-state index contributed by atoms with van der Waals surface area (Å²) >= 11 is 13.7. The number of halogens is 2. The highest BCUT2D eigenvalue weighted by Crippen LogP contribution is 2.31. The molecule has 1 atom stereocenters. The van der Waals surface area contributed by atoms with E-state index in [1.54, 1.807) is 17.4 Å². The van der Waals surface area contributed by atoms with Crippen molar-refractivity contribution in [3.05, 3.63) is 55.7 Å². The largest absolute Gasteiger partial charge is 0.271 e. The third-order valence-corrected chi connectivity index (χ3v) is 4.07. The molecule has 1 aromatic heterocycles. The van der Waals surface area contributed by atoms with E-state index >= 15 is 0 Å². The molecule has 0 fully saturated rings. The molecule has 1 heterocycles. The fourth-order valence-corrected chi connectivity index (χ4v) is 3.30. The molecule has 0 saturated heterocycles. The van der Waals surface area contributed by atoms with Crippen molar-refractivity contribution in [2.45, 2.75) is 13.0 Å². The van der Waals surface area contributed by atoms with Crippen LogP contribution in [0.2, 0.25) is 10.0 Å². The van der Waals surface area contributed by atoms with Gasteiger partial charge in [-0.2, -0.15) is 0 Å². The van der Waals surface area contributed by atoms with Crippen molar-refractivity contribution in [3.8, 4) is 0 Å². The summed E-state index contributed by atoms with van der Waals surface area (Å²) in [6, 6.07) is 7.44.